The van der Waals surface area contributed by atoms with Crippen LogP contribution in [-0.2, 0) is 4.79 Å². The minimum atomic E-state index is -0.486. The molecule has 2 heterocycles. The summed E-state index contributed by atoms with van der Waals surface area (Å²) >= 11 is 0. The summed E-state index contributed by atoms with van der Waals surface area (Å²) in [6.45, 7) is 6.26. The van der Waals surface area contributed by atoms with Crippen molar-refractivity contribution < 1.29 is 13.9 Å². The summed E-state index contributed by atoms with van der Waals surface area (Å²) in [7, 11) is 3.87. The van der Waals surface area contributed by atoms with Gasteiger partial charge in [0.05, 0.1) is 11.4 Å². The van der Waals surface area contributed by atoms with Gasteiger partial charge in [0.1, 0.15) is 29.4 Å². The fourth-order valence-electron chi connectivity index (χ4n) is 3.57. The largest absolute Gasteiger partial charge is 0.490 e. The molecule has 4 rings (SSSR count). The van der Waals surface area contributed by atoms with E-state index in [1.165, 1.54) is 18.3 Å². The number of likely N-dealkylation sites (N-methyl/N-ethyl adjacent to an activating group) is 1. The average Bonchev–Trinajstić information content (AvgIpc) is 2.85. The van der Waals surface area contributed by atoms with Crippen LogP contribution in [0.1, 0.15) is 5.82 Å². The molecule has 2 aromatic heterocycles. The highest BCUT2D eigenvalue weighted by Gasteiger charge is 2.14. The fraction of sp³-hybridized carbons (Fsp3) is 0.192. The molecular weight excluding hydrogens is 477 g/mol. The Morgan fingerprint density at radius 1 is 1.22 bits per heavy atom. The number of anilines is 3. The van der Waals surface area contributed by atoms with E-state index >= 15 is 0 Å². The number of fused-ring (bicyclic) bond motifs is 1. The monoisotopic (exact) mass is 503 g/mol. The lowest BCUT2D eigenvalue weighted by Gasteiger charge is -2.16. The van der Waals surface area contributed by atoms with Crippen LogP contribution in [0, 0.1) is 12.7 Å². The summed E-state index contributed by atoms with van der Waals surface area (Å²) < 4.78 is 21.4. The van der Waals surface area contributed by atoms with Gasteiger partial charge >= 0.3 is 0 Å². The Morgan fingerprint density at radius 3 is 2.76 bits per heavy atom. The molecule has 2 aromatic carbocycles. The topological polar surface area (TPSA) is 114 Å². The van der Waals surface area contributed by atoms with Crippen molar-refractivity contribution in [3.05, 3.63) is 83.3 Å². The van der Waals surface area contributed by atoms with E-state index in [1.807, 2.05) is 19.0 Å². The number of amides is 1. The maximum absolute atomic E-state index is 13.9. The second-order valence-corrected chi connectivity index (χ2v) is 8.39. The van der Waals surface area contributed by atoms with Crippen molar-refractivity contribution in [3.8, 4) is 11.4 Å². The minimum Gasteiger partial charge on any atom is -0.490 e. The number of hydrogen-bond donors (Lipinski definition) is 2. The predicted molar refractivity (Wildman–Crippen MR) is 140 cm³/mol. The van der Waals surface area contributed by atoms with Crippen LogP contribution < -0.4 is 20.9 Å². The molecule has 10 nitrogen and oxygen atoms in total. The van der Waals surface area contributed by atoms with Crippen LogP contribution in [-0.4, -0.2) is 57.6 Å². The van der Waals surface area contributed by atoms with E-state index in [0.717, 1.165) is 6.08 Å². The number of aromatic nitrogens is 4. The molecule has 0 saturated carbocycles. The van der Waals surface area contributed by atoms with E-state index in [0.29, 0.717) is 41.8 Å². The Labute approximate surface area is 212 Å². The van der Waals surface area contributed by atoms with Gasteiger partial charge in [0.2, 0.25) is 11.9 Å². The highest BCUT2D eigenvalue weighted by atomic mass is 19.1. The number of nitrogens with zero attached hydrogens (tertiary/aromatic N) is 5. The Morgan fingerprint density at radius 2 is 2.03 bits per heavy atom. The molecule has 190 valence electrons. The van der Waals surface area contributed by atoms with Crippen molar-refractivity contribution in [2.75, 3.05) is 37.9 Å². The SMILES string of the molecule is C=CC(=O)Nc1cc(Nc2ncc3c(=O)nc(C)n(-c4cccc(F)c4)c3n2)ccc1OCCN(C)C. The lowest BCUT2D eigenvalue weighted by atomic mass is 10.2. The summed E-state index contributed by atoms with van der Waals surface area (Å²) in [5.74, 6) is 0.201. The molecule has 0 spiro atoms. The van der Waals surface area contributed by atoms with Crippen molar-refractivity contribution >= 4 is 34.3 Å². The number of benzene rings is 2. The van der Waals surface area contributed by atoms with E-state index in [-0.39, 0.29) is 17.0 Å². The molecule has 1 amide bonds. The Balaban J connectivity index is 1.72. The molecule has 0 aliphatic heterocycles. The standard InChI is InChI=1S/C26H26FN7O3/c1-5-23(35)31-21-14-18(9-10-22(21)37-12-11-33(3)4)30-26-28-15-20-24(32-26)34(16(2)29-25(20)36)19-8-6-7-17(27)13-19/h5-10,13-15H,1,11-12H2,2-4H3,(H,31,35)(H,28,30,32). The number of hydrogen-bond acceptors (Lipinski definition) is 8. The molecule has 0 radical (unpaired) electrons. The Kier molecular flexibility index (Phi) is 7.54. The first kappa shape index (κ1) is 25.5. The maximum Gasteiger partial charge on any atom is 0.284 e. The van der Waals surface area contributed by atoms with E-state index < -0.39 is 17.3 Å². The zero-order valence-corrected chi connectivity index (χ0v) is 20.7. The number of nitrogens with one attached hydrogen (secondary N) is 2. The first-order valence-electron chi connectivity index (χ1n) is 11.4. The van der Waals surface area contributed by atoms with Gasteiger partial charge in [0.25, 0.3) is 5.56 Å². The van der Waals surface area contributed by atoms with E-state index in [9.17, 15) is 14.0 Å². The van der Waals surface area contributed by atoms with Crippen molar-refractivity contribution in [2.45, 2.75) is 6.92 Å². The molecule has 11 heteroatoms. The molecule has 0 fully saturated rings. The highest BCUT2D eigenvalue weighted by Crippen LogP contribution is 2.29. The molecule has 0 saturated heterocycles. The molecule has 0 unspecified atom stereocenters. The second-order valence-electron chi connectivity index (χ2n) is 8.39. The lowest BCUT2D eigenvalue weighted by molar-refractivity contribution is -0.111. The summed E-state index contributed by atoms with van der Waals surface area (Å²) in [5, 5.41) is 6.01. The van der Waals surface area contributed by atoms with Gasteiger partial charge in [0, 0.05) is 18.4 Å². The van der Waals surface area contributed by atoms with Gasteiger partial charge in [-0.25, -0.2) is 9.37 Å². The fourth-order valence-corrected chi connectivity index (χ4v) is 3.57. The molecular formula is C26H26FN7O3. The third-order valence-corrected chi connectivity index (χ3v) is 5.34. The normalized spacial score (nSPS) is 10.9. The van der Waals surface area contributed by atoms with Gasteiger partial charge in [0.15, 0.2) is 5.65 Å². The van der Waals surface area contributed by atoms with Crippen LogP contribution in [0.3, 0.4) is 0 Å². The van der Waals surface area contributed by atoms with E-state index in [4.69, 9.17) is 4.74 Å². The molecule has 37 heavy (non-hydrogen) atoms. The highest BCUT2D eigenvalue weighted by molar-refractivity contribution is 6.00. The van der Waals surface area contributed by atoms with Crippen molar-refractivity contribution in [3.63, 3.8) is 0 Å². The lowest BCUT2D eigenvalue weighted by Crippen LogP contribution is -2.20. The summed E-state index contributed by atoms with van der Waals surface area (Å²) in [4.78, 5) is 39.3. The van der Waals surface area contributed by atoms with Crippen LogP contribution in [0.2, 0.25) is 0 Å². The van der Waals surface area contributed by atoms with Crippen LogP contribution in [0.5, 0.6) is 5.75 Å². The number of carbonyl (C=O) groups is 1. The average molecular weight is 504 g/mol. The van der Waals surface area contributed by atoms with Gasteiger partial charge in [-0.3, -0.25) is 14.2 Å². The van der Waals surface area contributed by atoms with Gasteiger partial charge in [-0.05, 0) is 63.5 Å². The zero-order valence-electron chi connectivity index (χ0n) is 20.7. The molecule has 4 aromatic rings. The molecule has 2 N–H and O–H groups in total. The Bertz CT molecular complexity index is 1530. The van der Waals surface area contributed by atoms with Crippen LogP contribution in [0.4, 0.5) is 21.7 Å². The van der Waals surface area contributed by atoms with Crippen LogP contribution in [0.15, 0.2) is 66.1 Å². The van der Waals surface area contributed by atoms with Gasteiger partial charge in [-0.15, -0.1) is 0 Å². The van der Waals surface area contributed by atoms with Gasteiger partial charge < -0.3 is 20.3 Å². The van der Waals surface area contributed by atoms with Crippen LogP contribution in [0.25, 0.3) is 16.7 Å². The quantitative estimate of drug-likeness (QED) is 0.334. The number of carbonyl (C=O) groups excluding carboxylic acids is 1. The van der Waals surface area contributed by atoms with Gasteiger partial charge in [-0.2, -0.15) is 9.97 Å². The first-order valence-corrected chi connectivity index (χ1v) is 11.4. The smallest absolute Gasteiger partial charge is 0.284 e. The van der Waals surface area contributed by atoms with Gasteiger partial charge in [-0.1, -0.05) is 12.6 Å². The summed E-state index contributed by atoms with van der Waals surface area (Å²) in [5.41, 5.74) is 1.24. The van der Waals surface area contributed by atoms with Crippen molar-refractivity contribution in [2.24, 2.45) is 0 Å². The number of rotatable bonds is 9. The minimum absolute atomic E-state index is 0.184. The molecule has 0 aliphatic rings. The predicted octanol–water partition coefficient (Wildman–Crippen LogP) is 3.43. The van der Waals surface area contributed by atoms with E-state index in [2.05, 4.69) is 32.2 Å². The van der Waals surface area contributed by atoms with Crippen LogP contribution >= 0.6 is 0 Å². The zero-order chi connectivity index (χ0) is 26.5. The van der Waals surface area contributed by atoms with Crippen molar-refractivity contribution in [1.29, 1.82) is 0 Å². The third-order valence-electron chi connectivity index (χ3n) is 5.34. The number of halogens is 1. The summed E-state index contributed by atoms with van der Waals surface area (Å²) in [6, 6.07) is 11.1. The molecule has 0 bridgehead atoms. The summed E-state index contributed by atoms with van der Waals surface area (Å²) in [6.07, 6.45) is 2.53. The van der Waals surface area contributed by atoms with Crippen molar-refractivity contribution in [1.82, 2.24) is 24.4 Å². The first-order chi connectivity index (χ1) is 17.7. The number of aryl methyl sites for hydroxylation is 1. The second kappa shape index (κ2) is 11.0. The van der Waals surface area contributed by atoms with E-state index in [1.54, 1.807) is 41.8 Å². The molecule has 0 atom stereocenters. The maximum atomic E-state index is 13.9. The molecule has 0 aliphatic carbocycles. The Hall–Kier alpha value is -4.64. The number of ether oxygens (including phenoxy) is 1. The third kappa shape index (κ3) is 5.96.